The summed E-state index contributed by atoms with van der Waals surface area (Å²) in [7, 11) is 0. The van der Waals surface area contributed by atoms with Crippen LogP contribution in [0.15, 0.2) is 24.3 Å². The first-order chi connectivity index (χ1) is 10.7. The van der Waals surface area contributed by atoms with Gasteiger partial charge in [-0.25, -0.2) is 0 Å². The molecule has 0 unspecified atom stereocenters. The monoisotopic (exact) mass is 319 g/mol. The van der Waals surface area contributed by atoms with Gasteiger partial charge in [-0.3, -0.25) is 0 Å². The second-order valence-electron chi connectivity index (χ2n) is 8.40. The van der Waals surface area contributed by atoms with Crippen LogP contribution in [0, 0.1) is 11.8 Å². The molecule has 130 valence electrons. The maximum atomic E-state index is 10.3. The van der Waals surface area contributed by atoms with E-state index in [9.17, 15) is 5.11 Å². The van der Waals surface area contributed by atoms with E-state index in [1.54, 1.807) is 0 Å². The molecule has 23 heavy (non-hydrogen) atoms. The standard InChI is InChI=1S/C20H33NO2/c1-15-10-16(2)12-21(11-15)13-18(22)14-23-19-8-6-17(7-9-19)20(3,4)5/h6-9,15-16,18,22H,10-14H2,1-5H3/t15-,16-,18-/m0/s1. The van der Waals surface area contributed by atoms with E-state index in [1.807, 2.05) is 12.1 Å². The lowest BCUT2D eigenvalue weighted by Crippen LogP contribution is -2.44. The smallest absolute Gasteiger partial charge is 0.119 e. The number of β-amino-alcohol motifs (C(OH)–C–C–N with tert-alkyl or cyclic N) is 1. The first-order valence-corrected chi connectivity index (χ1v) is 8.88. The number of ether oxygens (including phenoxy) is 1. The predicted octanol–water partition coefficient (Wildman–Crippen LogP) is 3.70. The fraction of sp³-hybridized carbons (Fsp3) is 0.700. The van der Waals surface area contributed by atoms with Gasteiger partial charge in [-0.15, -0.1) is 0 Å². The summed E-state index contributed by atoms with van der Waals surface area (Å²) in [6, 6.07) is 8.21. The van der Waals surface area contributed by atoms with Crippen molar-refractivity contribution in [3.05, 3.63) is 29.8 Å². The Kier molecular flexibility index (Phi) is 6.10. The number of rotatable bonds is 5. The fourth-order valence-electron chi connectivity index (χ4n) is 3.54. The van der Waals surface area contributed by atoms with Gasteiger partial charge in [0, 0.05) is 19.6 Å². The van der Waals surface area contributed by atoms with Crippen molar-refractivity contribution in [1.29, 1.82) is 0 Å². The zero-order valence-corrected chi connectivity index (χ0v) is 15.4. The minimum absolute atomic E-state index is 0.152. The van der Waals surface area contributed by atoms with Crippen molar-refractivity contribution in [3.8, 4) is 5.75 Å². The quantitative estimate of drug-likeness (QED) is 0.898. The molecule has 3 heteroatoms. The van der Waals surface area contributed by atoms with Crippen LogP contribution in [0.4, 0.5) is 0 Å². The third-order valence-corrected chi connectivity index (χ3v) is 4.58. The zero-order valence-electron chi connectivity index (χ0n) is 15.4. The highest BCUT2D eigenvalue weighted by atomic mass is 16.5. The first kappa shape index (κ1) is 18.3. The Hall–Kier alpha value is -1.06. The van der Waals surface area contributed by atoms with Crippen LogP contribution in [0.5, 0.6) is 5.75 Å². The van der Waals surface area contributed by atoms with Gasteiger partial charge in [-0.1, -0.05) is 46.8 Å². The van der Waals surface area contributed by atoms with Crippen molar-refractivity contribution in [3.63, 3.8) is 0 Å². The summed E-state index contributed by atoms with van der Waals surface area (Å²) >= 11 is 0. The van der Waals surface area contributed by atoms with Crippen LogP contribution in [-0.2, 0) is 5.41 Å². The molecule has 1 heterocycles. The fourth-order valence-corrected chi connectivity index (χ4v) is 3.54. The SMILES string of the molecule is C[C@H]1C[C@H](C)CN(C[C@H](O)COc2ccc(C(C)(C)C)cc2)C1. The van der Waals surface area contributed by atoms with Crippen LogP contribution in [0.25, 0.3) is 0 Å². The Balaban J connectivity index is 1.79. The average Bonchev–Trinajstić information content (AvgIpc) is 2.43. The molecule has 1 N–H and O–H groups in total. The summed E-state index contributed by atoms with van der Waals surface area (Å²) in [5.41, 5.74) is 1.45. The Labute approximate surface area is 141 Å². The summed E-state index contributed by atoms with van der Waals surface area (Å²) in [6.07, 6.45) is 0.859. The van der Waals surface area contributed by atoms with E-state index in [0.29, 0.717) is 13.2 Å². The number of nitrogens with zero attached hydrogens (tertiary/aromatic N) is 1. The summed E-state index contributed by atoms with van der Waals surface area (Å²) < 4.78 is 5.75. The van der Waals surface area contributed by atoms with Gasteiger partial charge in [0.15, 0.2) is 0 Å². The van der Waals surface area contributed by atoms with Crippen molar-refractivity contribution in [1.82, 2.24) is 4.90 Å². The third-order valence-electron chi connectivity index (χ3n) is 4.58. The maximum absolute atomic E-state index is 10.3. The molecule has 1 aliphatic rings. The second-order valence-corrected chi connectivity index (χ2v) is 8.40. The summed E-state index contributed by atoms with van der Waals surface area (Å²) in [4.78, 5) is 2.37. The maximum Gasteiger partial charge on any atom is 0.119 e. The number of hydrogen-bond acceptors (Lipinski definition) is 3. The molecule has 0 bridgehead atoms. The second kappa shape index (κ2) is 7.67. The van der Waals surface area contributed by atoms with Gasteiger partial charge in [0.25, 0.3) is 0 Å². The van der Waals surface area contributed by atoms with Gasteiger partial charge in [0.2, 0.25) is 0 Å². The molecule has 3 atom stereocenters. The number of aliphatic hydroxyl groups excluding tert-OH is 1. The molecule has 2 rings (SSSR count). The van der Waals surface area contributed by atoms with E-state index in [0.717, 1.165) is 30.7 Å². The van der Waals surface area contributed by atoms with E-state index in [4.69, 9.17) is 4.74 Å². The molecule has 3 nitrogen and oxygen atoms in total. The average molecular weight is 319 g/mol. The van der Waals surface area contributed by atoms with E-state index >= 15 is 0 Å². The van der Waals surface area contributed by atoms with Crippen LogP contribution in [0.1, 0.15) is 46.6 Å². The molecular weight excluding hydrogens is 286 g/mol. The van der Waals surface area contributed by atoms with Crippen molar-refractivity contribution in [2.24, 2.45) is 11.8 Å². The lowest BCUT2D eigenvalue weighted by atomic mass is 9.87. The molecule has 1 saturated heterocycles. The van der Waals surface area contributed by atoms with E-state index in [2.05, 4.69) is 51.7 Å². The van der Waals surface area contributed by atoms with Gasteiger partial charge >= 0.3 is 0 Å². The highest BCUT2D eigenvalue weighted by molar-refractivity contribution is 5.31. The van der Waals surface area contributed by atoms with Crippen molar-refractivity contribution in [2.75, 3.05) is 26.2 Å². The van der Waals surface area contributed by atoms with Gasteiger partial charge in [0.05, 0.1) is 0 Å². The minimum Gasteiger partial charge on any atom is -0.491 e. The third kappa shape index (κ3) is 5.82. The van der Waals surface area contributed by atoms with E-state index < -0.39 is 6.10 Å². The number of likely N-dealkylation sites (tertiary alicyclic amines) is 1. The predicted molar refractivity (Wildman–Crippen MR) is 96.0 cm³/mol. The number of benzene rings is 1. The van der Waals surface area contributed by atoms with Gasteiger partial charge < -0.3 is 14.7 Å². The van der Waals surface area contributed by atoms with Crippen molar-refractivity contribution in [2.45, 2.75) is 52.6 Å². The molecule has 0 radical (unpaired) electrons. The van der Waals surface area contributed by atoms with Gasteiger partial charge in [0.1, 0.15) is 18.5 Å². The summed E-state index contributed by atoms with van der Waals surface area (Å²) in [5, 5.41) is 10.3. The molecule has 0 saturated carbocycles. The zero-order chi connectivity index (χ0) is 17.0. The number of piperidine rings is 1. The molecule has 0 aliphatic carbocycles. The normalized spacial score (nSPS) is 24.4. The van der Waals surface area contributed by atoms with Crippen LogP contribution in [0.2, 0.25) is 0 Å². The van der Waals surface area contributed by atoms with Crippen molar-refractivity contribution >= 4 is 0 Å². The molecule has 0 amide bonds. The lowest BCUT2D eigenvalue weighted by Gasteiger charge is -2.35. The van der Waals surface area contributed by atoms with Crippen LogP contribution in [0.3, 0.4) is 0 Å². The molecule has 1 aromatic carbocycles. The largest absolute Gasteiger partial charge is 0.491 e. The summed E-state index contributed by atoms with van der Waals surface area (Å²) in [5.74, 6) is 2.27. The highest BCUT2D eigenvalue weighted by Crippen LogP contribution is 2.24. The topological polar surface area (TPSA) is 32.7 Å². The van der Waals surface area contributed by atoms with E-state index in [1.165, 1.54) is 12.0 Å². The van der Waals surface area contributed by atoms with Gasteiger partial charge in [-0.2, -0.15) is 0 Å². The van der Waals surface area contributed by atoms with Crippen LogP contribution < -0.4 is 4.74 Å². The molecule has 0 aromatic heterocycles. The van der Waals surface area contributed by atoms with Crippen LogP contribution >= 0.6 is 0 Å². The summed E-state index contributed by atoms with van der Waals surface area (Å²) in [6.45, 7) is 14.4. The molecular formula is C20H33NO2. The van der Waals surface area contributed by atoms with E-state index in [-0.39, 0.29) is 5.41 Å². The molecule has 1 aromatic rings. The Morgan fingerprint density at radius 2 is 1.70 bits per heavy atom. The van der Waals surface area contributed by atoms with Crippen molar-refractivity contribution < 1.29 is 9.84 Å². The molecule has 1 aliphatic heterocycles. The van der Waals surface area contributed by atoms with Crippen LogP contribution in [-0.4, -0.2) is 42.4 Å². The Morgan fingerprint density at radius 1 is 1.13 bits per heavy atom. The minimum atomic E-state index is -0.435. The Bertz CT molecular complexity index is 467. The Morgan fingerprint density at radius 3 is 2.22 bits per heavy atom. The number of aliphatic hydroxyl groups is 1. The highest BCUT2D eigenvalue weighted by Gasteiger charge is 2.23. The number of hydrogen-bond donors (Lipinski definition) is 1. The molecule has 1 fully saturated rings. The molecule has 0 spiro atoms. The van der Waals surface area contributed by atoms with Gasteiger partial charge in [-0.05, 0) is 41.4 Å². The lowest BCUT2D eigenvalue weighted by molar-refractivity contribution is 0.0429. The first-order valence-electron chi connectivity index (χ1n) is 8.88.